The molecule has 1 aliphatic rings. The molecule has 0 bridgehead atoms. The predicted octanol–water partition coefficient (Wildman–Crippen LogP) is 5.18. The molecule has 1 N–H and O–H groups in total. The molecule has 0 atom stereocenters. The zero-order valence-corrected chi connectivity index (χ0v) is 17.3. The molecule has 144 valence electrons. The molecule has 2 aromatic heterocycles. The number of hydrogen-bond donors (Lipinski definition) is 1. The van der Waals surface area contributed by atoms with Crippen molar-refractivity contribution < 1.29 is 4.79 Å². The molecule has 0 radical (unpaired) electrons. The molecule has 4 rings (SSSR count). The van der Waals surface area contributed by atoms with Gasteiger partial charge in [-0.15, -0.1) is 0 Å². The lowest BCUT2D eigenvalue weighted by Crippen LogP contribution is -2.16. The van der Waals surface area contributed by atoms with Gasteiger partial charge in [0, 0.05) is 17.6 Å². The smallest absolute Gasteiger partial charge is 0.236 e. The van der Waals surface area contributed by atoms with E-state index in [-0.39, 0.29) is 11.7 Å². The second-order valence-electron chi connectivity index (χ2n) is 6.49. The highest BCUT2D eigenvalue weighted by Crippen LogP contribution is 2.31. The Morgan fingerprint density at radius 3 is 2.75 bits per heavy atom. The zero-order chi connectivity index (χ0) is 19.5. The molecule has 2 heterocycles. The van der Waals surface area contributed by atoms with E-state index in [2.05, 4.69) is 27.0 Å². The fourth-order valence-corrected chi connectivity index (χ4v) is 4.54. The van der Waals surface area contributed by atoms with Gasteiger partial charge in [-0.1, -0.05) is 53.2 Å². The number of fused-ring (bicyclic) bond motifs is 1. The molecule has 0 saturated carbocycles. The maximum Gasteiger partial charge on any atom is 0.236 e. The van der Waals surface area contributed by atoms with Gasteiger partial charge in [-0.3, -0.25) is 9.36 Å². The molecule has 28 heavy (non-hydrogen) atoms. The lowest BCUT2D eigenvalue weighted by molar-refractivity contribution is -0.113. The van der Waals surface area contributed by atoms with E-state index in [9.17, 15) is 4.79 Å². The first-order valence-corrected chi connectivity index (χ1v) is 10.8. The number of halogens is 2. The molecule has 8 heteroatoms. The summed E-state index contributed by atoms with van der Waals surface area (Å²) in [5.41, 5.74) is 3.46. The maximum absolute atomic E-state index is 12.4. The maximum atomic E-state index is 12.4. The van der Waals surface area contributed by atoms with E-state index >= 15 is 0 Å². The van der Waals surface area contributed by atoms with Gasteiger partial charge in [0.15, 0.2) is 11.0 Å². The molecule has 1 aromatic carbocycles. The van der Waals surface area contributed by atoms with Crippen LogP contribution >= 0.6 is 35.0 Å². The third kappa shape index (κ3) is 4.19. The lowest BCUT2D eigenvalue weighted by Gasteiger charge is -2.15. The van der Waals surface area contributed by atoms with E-state index in [0.29, 0.717) is 15.9 Å². The van der Waals surface area contributed by atoms with Crippen molar-refractivity contribution in [3.8, 4) is 5.69 Å². The molecule has 1 aliphatic carbocycles. The van der Waals surface area contributed by atoms with Crippen LogP contribution in [0.3, 0.4) is 0 Å². The Kier molecular flexibility index (Phi) is 5.90. The molecule has 1 amide bonds. The fourth-order valence-electron chi connectivity index (χ4n) is 3.26. The molecule has 3 aromatic rings. The summed E-state index contributed by atoms with van der Waals surface area (Å²) in [6, 6.07) is 11.7. The first-order chi connectivity index (χ1) is 13.6. The van der Waals surface area contributed by atoms with Crippen molar-refractivity contribution in [3.63, 3.8) is 0 Å². The molecule has 0 aliphatic heterocycles. The van der Waals surface area contributed by atoms with Gasteiger partial charge in [0.2, 0.25) is 5.91 Å². The number of para-hydroxylation sites is 1. The van der Waals surface area contributed by atoms with Crippen LogP contribution in [-0.2, 0) is 17.6 Å². The minimum atomic E-state index is -0.192. The highest BCUT2D eigenvalue weighted by molar-refractivity contribution is 7.99. The molecular weight excluding hydrogens is 415 g/mol. The number of nitrogens with zero attached hydrogens (tertiary/aromatic N) is 3. The van der Waals surface area contributed by atoms with Gasteiger partial charge in [0.05, 0.1) is 21.5 Å². The number of hydrogen-bond acceptors (Lipinski definition) is 4. The van der Waals surface area contributed by atoms with Crippen LogP contribution < -0.4 is 5.32 Å². The second kappa shape index (κ2) is 8.55. The summed E-state index contributed by atoms with van der Waals surface area (Å²) in [5.74, 6) is 0.327. The van der Waals surface area contributed by atoms with E-state index in [1.54, 1.807) is 6.07 Å². The van der Waals surface area contributed by atoms with Crippen LogP contribution in [0.1, 0.15) is 24.2 Å². The number of amides is 1. The van der Waals surface area contributed by atoms with Gasteiger partial charge in [0.1, 0.15) is 0 Å². The second-order valence-corrected chi connectivity index (χ2v) is 8.27. The molecule has 0 saturated heterocycles. The number of nitrogens with one attached hydrogen (secondary N) is 1. The largest absolute Gasteiger partial charge is 0.309 e. The number of benzene rings is 1. The Bertz CT molecular complexity index is 1010. The molecule has 5 nitrogen and oxygen atoms in total. The van der Waals surface area contributed by atoms with E-state index in [0.717, 1.165) is 42.2 Å². The van der Waals surface area contributed by atoms with Crippen molar-refractivity contribution in [2.24, 2.45) is 0 Å². The summed E-state index contributed by atoms with van der Waals surface area (Å²) in [5, 5.41) is 4.30. The topological polar surface area (TPSA) is 59.8 Å². The molecular formula is C20H18Cl2N4OS. The van der Waals surface area contributed by atoms with Crippen LogP contribution in [0, 0.1) is 0 Å². The number of rotatable bonds is 5. The Morgan fingerprint density at radius 1 is 1.18 bits per heavy atom. The van der Waals surface area contributed by atoms with Crippen molar-refractivity contribution in [2.45, 2.75) is 30.8 Å². The van der Waals surface area contributed by atoms with Crippen molar-refractivity contribution in [1.82, 2.24) is 14.5 Å². The SMILES string of the molecule is O=C(CSc1nc2c(n1-c1ccccc1)CCCC2)Nc1ncc(Cl)cc1Cl. The number of carbonyl (C=O) groups is 1. The van der Waals surface area contributed by atoms with Crippen LogP contribution in [0.25, 0.3) is 5.69 Å². The Hall–Kier alpha value is -2.02. The number of aryl methyl sites for hydroxylation is 1. The number of aromatic nitrogens is 3. The average molecular weight is 433 g/mol. The number of anilines is 1. The Balaban J connectivity index is 1.53. The van der Waals surface area contributed by atoms with Gasteiger partial charge in [-0.25, -0.2) is 9.97 Å². The summed E-state index contributed by atoms with van der Waals surface area (Å²) in [6.45, 7) is 0. The normalized spacial score (nSPS) is 13.2. The van der Waals surface area contributed by atoms with Gasteiger partial charge in [-0.2, -0.15) is 0 Å². The minimum absolute atomic E-state index is 0.192. The van der Waals surface area contributed by atoms with Crippen LogP contribution in [0.5, 0.6) is 0 Å². The number of thioether (sulfide) groups is 1. The Morgan fingerprint density at radius 2 is 1.96 bits per heavy atom. The Labute approximate surface area is 177 Å². The van der Waals surface area contributed by atoms with Crippen LogP contribution in [0.2, 0.25) is 10.0 Å². The van der Waals surface area contributed by atoms with E-state index in [1.807, 2.05) is 18.2 Å². The molecule has 0 spiro atoms. The standard InChI is InChI=1S/C20H18Cl2N4OS/c21-13-10-15(22)19(23-11-13)25-18(27)12-28-20-24-16-8-4-5-9-17(16)26(20)14-6-2-1-3-7-14/h1-3,6-7,10-11H,4-5,8-9,12H2,(H,23,25,27). The minimum Gasteiger partial charge on any atom is -0.309 e. The molecule has 0 fully saturated rings. The van der Waals surface area contributed by atoms with Crippen LogP contribution in [0.15, 0.2) is 47.8 Å². The highest BCUT2D eigenvalue weighted by Gasteiger charge is 2.22. The monoisotopic (exact) mass is 432 g/mol. The van der Waals surface area contributed by atoms with Gasteiger partial charge in [-0.05, 0) is 43.9 Å². The van der Waals surface area contributed by atoms with Gasteiger partial charge < -0.3 is 5.32 Å². The highest BCUT2D eigenvalue weighted by atomic mass is 35.5. The van der Waals surface area contributed by atoms with E-state index in [4.69, 9.17) is 28.2 Å². The van der Waals surface area contributed by atoms with Crippen LogP contribution in [0.4, 0.5) is 5.82 Å². The fraction of sp³-hybridized carbons (Fsp3) is 0.250. The van der Waals surface area contributed by atoms with Gasteiger partial charge in [0.25, 0.3) is 0 Å². The summed E-state index contributed by atoms with van der Waals surface area (Å²) < 4.78 is 2.18. The number of pyridine rings is 1. The quantitative estimate of drug-likeness (QED) is 0.563. The summed E-state index contributed by atoms with van der Waals surface area (Å²) in [4.78, 5) is 21.3. The summed E-state index contributed by atoms with van der Waals surface area (Å²) in [6.07, 6.45) is 5.76. The number of imidazole rings is 1. The van der Waals surface area contributed by atoms with Gasteiger partial charge >= 0.3 is 0 Å². The van der Waals surface area contributed by atoms with E-state index in [1.165, 1.54) is 23.7 Å². The van der Waals surface area contributed by atoms with Crippen LogP contribution in [-0.4, -0.2) is 26.2 Å². The zero-order valence-electron chi connectivity index (χ0n) is 15.0. The van der Waals surface area contributed by atoms with Crippen molar-refractivity contribution in [1.29, 1.82) is 0 Å². The third-order valence-corrected chi connectivity index (χ3v) is 5.95. The lowest BCUT2D eigenvalue weighted by atomic mass is 10.0. The third-order valence-electron chi connectivity index (χ3n) is 4.51. The van der Waals surface area contributed by atoms with Crippen molar-refractivity contribution in [2.75, 3.05) is 11.1 Å². The van der Waals surface area contributed by atoms with E-state index < -0.39 is 0 Å². The predicted molar refractivity (Wildman–Crippen MR) is 114 cm³/mol. The summed E-state index contributed by atoms with van der Waals surface area (Å²) >= 11 is 13.3. The van der Waals surface area contributed by atoms with Crippen molar-refractivity contribution >= 4 is 46.7 Å². The first-order valence-electron chi connectivity index (χ1n) is 9.01. The number of carbonyl (C=O) groups excluding carboxylic acids is 1. The first kappa shape index (κ1) is 19.3. The summed E-state index contributed by atoms with van der Waals surface area (Å²) in [7, 11) is 0. The molecule has 0 unspecified atom stereocenters. The van der Waals surface area contributed by atoms with Crippen molar-refractivity contribution in [3.05, 3.63) is 64.0 Å². The average Bonchev–Trinajstić information content (AvgIpc) is 3.07.